The molecule has 0 bridgehead atoms. The number of thioether (sulfide) groups is 1. The van der Waals surface area contributed by atoms with Crippen molar-refractivity contribution in [1.29, 1.82) is 0 Å². The molecule has 0 amide bonds. The lowest BCUT2D eigenvalue weighted by Gasteiger charge is -2.24. The molecule has 5 rings (SSSR count). The molecule has 240 valence electrons. The lowest BCUT2D eigenvalue weighted by Crippen LogP contribution is -2.28. The summed E-state index contributed by atoms with van der Waals surface area (Å²) in [6.07, 6.45) is 4.98. The highest BCUT2D eigenvalue weighted by Gasteiger charge is 2.33. The van der Waals surface area contributed by atoms with E-state index in [4.69, 9.17) is 9.47 Å². The number of carboxylic acid groups (broad SMARTS) is 1. The van der Waals surface area contributed by atoms with Gasteiger partial charge in [0.2, 0.25) is 0 Å². The fourth-order valence-electron chi connectivity index (χ4n) is 5.35. The highest BCUT2D eigenvalue weighted by atomic mass is 32.2. The van der Waals surface area contributed by atoms with E-state index in [0.29, 0.717) is 19.6 Å². The first-order valence-electron chi connectivity index (χ1n) is 15.6. The SMILES string of the molecule is CCc1ccc(COc2ccc3c(c2)c(SC(C)(C)C)c(CC(C)(C)C(=O)O)n3Cc2ccc(-c3ncccc3OC)cc2)nc1. The van der Waals surface area contributed by atoms with E-state index in [1.54, 1.807) is 38.9 Å². The van der Waals surface area contributed by atoms with Crippen LogP contribution in [0.1, 0.15) is 64.1 Å². The molecular weight excluding hydrogens is 595 g/mol. The van der Waals surface area contributed by atoms with Gasteiger partial charge in [-0.25, -0.2) is 0 Å². The molecule has 8 heteroatoms. The van der Waals surface area contributed by atoms with Crippen LogP contribution in [0.4, 0.5) is 0 Å². The molecule has 1 N–H and O–H groups in total. The summed E-state index contributed by atoms with van der Waals surface area (Å²) >= 11 is 1.77. The third-order valence-corrected chi connectivity index (χ3v) is 9.20. The number of methoxy groups -OCH3 is 1. The van der Waals surface area contributed by atoms with E-state index < -0.39 is 11.4 Å². The van der Waals surface area contributed by atoms with E-state index in [2.05, 4.69) is 84.7 Å². The Balaban J connectivity index is 1.57. The van der Waals surface area contributed by atoms with E-state index in [-0.39, 0.29) is 4.75 Å². The smallest absolute Gasteiger partial charge is 0.309 e. The Morgan fingerprint density at radius 1 is 0.957 bits per heavy atom. The van der Waals surface area contributed by atoms with Gasteiger partial charge in [-0.05, 0) is 67.8 Å². The summed E-state index contributed by atoms with van der Waals surface area (Å²) < 4.78 is 13.9. The van der Waals surface area contributed by atoms with Gasteiger partial charge < -0.3 is 19.1 Å². The molecule has 3 heterocycles. The van der Waals surface area contributed by atoms with Crippen molar-refractivity contribution < 1.29 is 19.4 Å². The molecule has 0 saturated carbocycles. The largest absolute Gasteiger partial charge is 0.494 e. The van der Waals surface area contributed by atoms with E-state index in [0.717, 1.165) is 61.9 Å². The Bertz CT molecular complexity index is 1820. The third-order valence-electron chi connectivity index (χ3n) is 7.93. The lowest BCUT2D eigenvalue weighted by molar-refractivity contribution is -0.146. The molecule has 0 spiro atoms. The minimum atomic E-state index is -0.964. The van der Waals surface area contributed by atoms with Crippen LogP contribution in [0.15, 0.2) is 84.0 Å². The van der Waals surface area contributed by atoms with Crippen molar-refractivity contribution in [3.05, 3.63) is 102 Å². The first kappa shape index (κ1) is 33.1. The molecular formula is C38H43N3O4S. The van der Waals surface area contributed by atoms with E-state index >= 15 is 0 Å². The fraction of sp³-hybridized carbons (Fsp3) is 0.342. The number of fused-ring (bicyclic) bond motifs is 1. The molecule has 0 fully saturated rings. The van der Waals surface area contributed by atoms with Crippen molar-refractivity contribution in [3.8, 4) is 22.8 Å². The standard InChI is InChI=1S/C38H43N3O4S/c1-8-25-13-16-28(40-22-25)24-45-29-17-18-31-30(20-29)35(46-37(2,3)4)32(21-38(5,6)36(42)43)41(31)23-26-11-14-27(15-12-26)34-33(44-7)10-9-19-39-34/h9-20,22H,8,21,23-24H2,1-7H3,(H,42,43). The number of rotatable bonds is 12. The number of aliphatic carboxylic acids is 1. The molecule has 7 nitrogen and oxygen atoms in total. The van der Waals surface area contributed by atoms with Gasteiger partial charge >= 0.3 is 5.97 Å². The summed E-state index contributed by atoms with van der Waals surface area (Å²) in [5.74, 6) is 0.648. The average Bonchev–Trinajstić information content (AvgIpc) is 3.29. The van der Waals surface area contributed by atoms with Gasteiger partial charge in [-0.1, -0.05) is 58.0 Å². The molecule has 2 aromatic carbocycles. The number of nitrogens with zero attached hydrogens (tertiary/aromatic N) is 3. The predicted octanol–water partition coefficient (Wildman–Crippen LogP) is 8.84. The van der Waals surface area contributed by atoms with Crippen LogP contribution in [0.25, 0.3) is 22.2 Å². The van der Waals surface area contributed by atoms with Gasteiger partial charge in [-0.3, -0.25) is 14.8 Å². The Morgan fingerprint density at radius 2 is 1.70 bits per heavy atom. The van der Waals surface area contributed by atoms with Crippen LogP contribution in [0, 0.1) is 5.41 Å². The highest BCUT2D eigenvalue weighted by molar-refractivity contribution is 8.00. The molecule has 0 aliphatic carbocycles. The molecule has 0 saturated heterocycles. The van der Waals surface area contributed by atoms with Gasteiger partial charge in [0.15, 0.2) is 0 Å². The number of pyridine rings is 2. The first-order chi connectivity index (χ1) is 21.9. The molecule has 0 aliphatic rings. The van der Waals surface area contributed by atoms with Crippen LogP contribution in [-0.4, -0.2) is 37.5 Å². The fourth-order valence-corrected chi connectivity index (χ4v) is 6.53. The Kier molecular flexibility index (Phi) is 9.77. The quantitative estimate of drug-likeness (QED) is 0.137. The predicted molar refractivity (Wildman–Crippen MR) is 186 cm³/mol. The van der Waals surface area contributed by atoms with Gasteiger partial charge in [0.25, 0.3) is 0 Å². The van der Waals surface area contributed by atoms with Gasteiger partial charge in [-0.2, -0.15) is 0 Å². The second kappa shape index (κ2) is 13.6. The Labute approximate surface area is 276 Å². The summed E-state index contributed by atoms with van der Waals surface area (Å²) in [6, 6.07) is 22.4. The zero-order valence-electron chi connectivity index (χ0n) is 27.8. The Morgan fingerprint density at radius 3 is 2.33 bits per heavy atom. The molecule has 0 radical (unpaired) electrons. The second-order valence-corrected chi connectivity index (χ2v) is 15.0. The number of benzene rings is 2. The van der Waals surface area contributed by atoms with E-state index in [1.165, 1.54) is 5.56 Å². The molecule has 5 aromatic rings. The number of ether oxygens (including phenoxy) is 2. The van der Waals surface area contributed by atoms with Crippen molar-refractivity contribution in [1.82, 2.24) is 14.5 Å². The average molecular weight is 638 g/mol. The van der Waals surface area contributed by atoms with E-state index in [9.17, 15) is 9.90 Å². The number of hydrogen-bond donors (Lipinski definition) is 1. The molecule has 0 atom stereocenters. The van der Waals surface area contributed by atoms with Crippen LogP contribution in [0.3, 0.4) is 0 Å². The van der Waals surface area contributed by atoms with Crippen LogP contribution < -0.4 is 9.47 Å². The molecule has 3 aromatic heterocycles. The number of carboxylic acids is 1. The van der Waals surface area contributed by atoms with Gasteiger partial charge in [0.1, 0.15) is 23.8 Å². The van der Waals surface area contributed by atoms with Crippen molar-refractivity contribution >= 4 is 28.6 Å². The molecule has 0 aliphatic heterocycles. The summed E-state index contributed by atoms with van der Waals surface area (Å²) in [4.78, 5) is 22.6. The zero-order chi connectivity index (χ0) is 33.1. The van der Waals surface area contributed by atoms with Crippen molar-refractivity contribution in [2.75, 3.05) is 7.11 Å². The normalized spacial score (nSPS) is 12.0. The van der Waals surface area contributed by atoms with Crippen LogP contribution in [0.2, 0.25) is 0 Å². The number of aryl methyl sites for hydroxylation is 1. The zero-order valence-corrected chi connectivity index (χ0v) is 28.6. The monoisotopic (exact) mass is 637 g/mol. The summed E-state index contributed by atoms with van der Waals surface area (Å²) in [7, 11) is 1.65. The Hall–Kier alpha value is -4.30. The van der Waals surface area contributed by atoms with Crippen molar-refractivity contribution in [2.24, 2.45) is 5.41 Å². The maximum atomic E-state index is 12.4. The summed E-state index contributed by atoms with van der Waals surface area (Å²) in [6.45, 7) is 13.2. The second-order valence-electron chi connectivity index (χ2n) is 13.2. The number of aromatic nitrogens is 3. The van der Waals surface area contributed by atoms with Crippen LogP contribution in [0.5, 0.6) is 11.5 Å². The topological polar surface area (TPSA) is 86.5 Å². The van der Waals surface area contributed by atoms with Crippen molar-refractivity contribution in [2.45, 2.75) is 77.2 Å². The third kappa shape index (κ3) is 7.56. The van der Waals surface area contributed by atoms with Gasteiger partial charge in [0.05, 0.1) is 18.2 Å². The van der Waals surface area contributed by atoms with Crippen LogP contribution >= 0.6 is 11.8 Å². The summed E-state index contributed by atoms with van der Waals surface area (Å²) in [5.41, 5.74) is 6.00. The van der Waals surface area contributed by atoms with Gasteiger partial charge in [0, 0.05) is 57.2 Å². The first-order valence-corrected chi connectivity index (χ1v) is 16.4. The maximum absolute atomic E-state index is 12.4. The summed E-state index contributed by atoms with van der Waals surface area (Å²) in [5, 5.41) is 11.2. The highest BCUT2D eigenvalue weighted by Crippen LogP contribution is 2.44. The minimum Gasteiger partial charge on any atom is -0.494 e. The number of carbonyl (C=O) groups is 1. The van der Waals surface area contributed by atoms with Crippen LogP contribution in [-0.2, 0) is 30.8 Å². The number of hydrogen-bond acceptors (Lipinski definition) is 6. The minimum absolute atomic E-state index is 0.105. The molecule has 46 heavy (non-hydrogen) atoms. The van der Waals surface area contributed by atoms with Crippen molar-refractivity contribution in [3.63, 3.8) is 0 Å². The maximum Gasteiger partial charge on any atom is 0.309 e. The van der Waals surface area contributed by atoms with E-state index in [1.807, 2.05) is 30.5 Å². The molecule has 0 unspecified atom stereocenters. The van der Waals surface area contributed by atoms with Gasteiger partial charge in [-0.15, -0.1) is 11.8 Å². The lowest BCUT2D eigenvalue weighted by atomic mass is 9.88.